The first-order chi connectivity index (χ1) is 9.23. The van der Waals surface area contributed by atoms with E-state index in [0.29, 0.717) is 5.92 Å². The van der Waals surface area contributed by atoms with Gasteiger partial charge in [-0.3, -0.25) is 0 Å². The fourth-order valence-electron chi connectivity index (χ4n) is 3.44. The number of ether oxygens (including phenoxy) is 2. The molecule has 112 valence electrons. The number of rotatable bonds is 4. The maximum Gasteiger partial charge on any atom is 0.160 e. The van der Waals surface area contributed by atoms with Gasteiger partial charge in [0.25, 0.3) is 0 Å². The maximum atomic E-state index is 6.10. The lowest BCUT2D eigenvalue weighted by molar-refractivity contribution is -0.250. The van der Waals surface area contributed by atoms with Crippen LogP contribution in [0.4, 0.5) is 0 Å². The molecule has 2 aliphatic rings. The smallest absolute Gasteiger partial charge is 0.160 e. The molecule has 0 amide bonds. The fourth-order valence-corrected chi connectivity index (χ4v) is 3.44. The molecular formula is C17H32O2. The Bertz CT molecular complexity index is 236. The molecular weight excluding hydrogens is 236 g/mol. The van der Waals surface area contributed by atoms with Crippen molar-refractivity contribution in [2.24, 2.45) is 11.3 Å². The second-order valence-electron chi connectivity index (χ2n) is 7.01. The summed E-state index contributed by atoms with van der Waals surface area (Å²) in [6.07, 6.45) is 13.4. The standard InChI is InChI=1S/C17H32O2/c1-3-4-12-17(2)13-18-16(19-14-17)15-10-8-6-5-7-9-11-15/h15-16H,3-14H2,1-2H3. The van der Waals surface area contributed by atoms with E-state index in [1.54, 1.807) is 0 Å². The van der Waals surface area contributed by atoms with Crippen LogP contribution in [0.25, 0.3) is 0 Å². The molecule has 1 heterocycles. The van der Waals surface area contributed by atoms with Crippen molar-refractivity contribution in [3.05, 3.63) is 0 Å². The van der Waals surface area contributed by atoms with Crippen LogP contribution in [0.5, 0.6) is 0 Å². The fraction of sp³-hybridized carbons (Fsp3) is 1.00. The van der Waals surface area contributed by atoms with Gasteiger partial charge in [0.2, 0.25) is 0 Å². The predicted octanol–water partition coefficient (Wildman–Crippen LogP) is 4.92. The van der Waals surface area contributed by atoms with Gasteiger partial charge in [-0.05, 0) is 19.3 Å². The average molecular weight is 268 g/mol. The molecule has 0 unspecified atom stereocenters. The summed E-state index contributed by atoms with van der Waals surface area (Å²) in [6, 6.07) is 0. The molecule has 0 atom stereocenters. The first kappa shape index (κ1) is 15.3. The molecule has 2 fully saturated rings. The summed E-state index contributed by atoms with van der Waals surface area (Å²) in [5.41, 5.74) is 0.258. The van der Waals surface area contributed by atoms with E-state index in [2.05, 4.69) is 13.8 Å². The van der Waals surface area contributed by atoms with E-state index in [-0.39, 0.29) is 11.7 Å². The highest BCUT2D eigenvalue weighted by molar-refractivity contribution is 4.79. The van der Waals surface area contributed by atoms with Crippen molar-refractivity contribution in [3.8, 4) is 0 Å². The summed E-state index contributed by atoms with van der Waals surface area (Å²) in [5, 5.41) is 0. The van der Waals surface area contributed by atoms with E-state index >= 15 is 0 Å². The van der Waals surface area contributed by atoms with Crippen molar-refractivity contribution in [3.63, 3.8) is 0 Å². The Morgan fingerprint density at radius 3 is 2.11 bits per heavy atom. The molecule has 0 aromatic rings. The zero-order valence-electron chi connectivity index (χ0n) is 13.0. The van der Waals surface area contributed by atoms with Gasteiger partial charge in [-0.2, -0.15) is 0 Å². The van der Waals surface area contributed by atoms with Gasteiger partial charge >= 0.3 is 0 Å². The molecule has 2 nitrogen and oxygen atoms in total. The van der Waals surface area contributed by atoms with Crippen molar-refractivity contribution >= 4 is 0 Å². The molecule has 2 heteroatoms. The topological polar surface area (TPSA) is 18.5 Å². The van der Waals surface area contributed by atoms with Crippen molar-refractivity contribution in [2.45, 2.75) is 84.3 Å². The van der Waals surface area contributed by atoms with Crippen LogP contribution in [-0.2, 0) is 9.47 Å². The van der Waals surface area contributed by atoms with Gasteiger partial charge in [0.1, 0.15) is 0 Å². The Hall–Kier alpha value is -0.0800. The van der Waals surface area contributed by atoms with E-state index in [1.807, 2.05) is 0 Å². The quantitative estimate of drug-likeness (QED) is 0.720. The minimum atomic E-state index is 0.0906. The van der Waals surface area contributed by atoms with Crippen LogP contribution >= 0.6 is 0 Å². The monoisotopic (exact) mass is 268 g/mol. The van der Waals surface area contributed by atoms with Crippen LogP contribution in [-0.4, -0.2) is 19.5 Å². The van der Waals surface area contributed by atoms with Crippen molar-refractivity contribution in [1.82, 2.24) is 0 Å². The summed E-state index contributed by atoms with van der Waals surface area (Å²) < 4.78 is 12.2. The van der Waals surface area contributed by atoms with Gasteiger partial charge in [0.15, 0.2) is 6.29 Å². The second-order valence-corrected chi connectivity index (χ2v) is 7.01. The Kier molecular flexibility index (Phi) is 6.15. The first-order valence-electron chi connectivity index (χ1n) is 8.47. The van der Waals surface area contributed by atoms with Gasteiger partial charge in [0, 0.05) is 11.3 Å². The van der Waals surface area contributed by atoms with Crippen LogP contribution in [0.1, 0.15) is 78.1 Å². The zero-order valence-corrected chi connectivity index (χ0v) is 13.0. The molecule has 1 aliphatic heterocycles. The van der Waals surface area contributed by atoms with Crippen LogP contribution in [0.2, 0.25) is 0 Å². The normalized spacial score (nSPS) is 34.7. The highest BCUT2D eigenvalue weighted by Crippen LogP contribution is 2.35. The first-order valence-corrected chi connectivity index (χ1v) is 8.47. The highest BCUT2D eigenvalue weighted by atomic mass is 16.7. The Morgan fingerprint density at radius 2 is 1.53 bits per heavy atom. The van der Waals surface area contributed by atoms with Gasteiger partial charge < -0.3 is 9.47 Å². The van der Waals surface area contributed by atoms with E-state index in [1.165, 1.54) is 64.2 Å². The average Bonchev–Trinajstić information content (AvgIpc) is 2.38. The minimum absolute atomic E-state index is 0.0906. The SMILES string of the molecule is CCCCC1(C)COC(C2CCCCCCC2)OC1. The molecule has 0 N–H and O–H groups in total. The molecule has 0 bridgehead atoms. The van der Waals surface area contributed by atoms with Crippen molar-refractivity contribution < 1.29 is 9.47 Å². The van der Waals surface area contributed by atoms with Gasteiger partial charge in [-0.25, -0.2) is 0 Å². The molecule has 0 aromatic heterocycles. The molecule has 0 spiro atoms. The number of hydrogen-bond donors (Lipinski definition) is 0. The number of unbranched alkanes of at least 4 members (excludes halogenated alkanes) is 1. The lowest BCUT2D eigenvalue weighted by Gasteiger charge is -2.40. The lowest BCUT2D eigenvalue weighted by Crippen LogP contribution is -2.43. The van der Waals surface area contributed by atoms with Gasteiger partial charge in [-0.1, -0.05) is 58.8 Å². The lowest BCUT2D eigenvalue weighted by atomic mass is 9.85. The van der Waals surface area contributed by atoms with E-state index in [9.17, 15) is 0 Å². The summed E-state index contributed by atoms with van der Waals surface area (Å²) in [5.74, 6) is 0.649. The maximum absolute atomic E-state index is 6.10. The van der Waals surface area contributed by atoms with E-state index in [4.69, 9.17) is 9.47 Å². The highest BCUT2D eigenvalue weighted by Gasteiger charge is 2.35. The Morgan fingerprint density at radius 1 is 0.947 bits per heavy atom. The van der Waals surface area contributed by atoms with Crippen LogP contribution < -0.4 is 0 Å². The van der Waals surface area contributed by atoms with Crippen LogP contribution in [0, 0.1) is 11.3 Å². The van der Waals surface area contributed by atoms with Gasteiger partial charge in [-0.15, -0.1) is 0 Å². The zero-order chi connectivity index (χ0) is 13.6. The van der Waals surface area contributed by atoms with Gasteiger partial charge in [0.05, 0.1) is 13.2 Å². The molecule has 1 saturated heterocycles. The molecule has 1 aliphatic carbocycles. The third kappa shape index (κ3) is 4.75. The minimum Gasteiger partial charge on any atom is -0.352 e. The Balaban J connectivity index is 1.77. The summed E-state index contributed by atoms with van der Waals surface area (Å²) in [4.78, 5) is 0. The Labute approximate surface area is 119 Å². The molecule has 0 aromatic carbocycles. The van der Waals surface area contributed by atoms with E-state index < -0.39 is 0 Å². The largest absolute Gasteiger partial charge is 0.352 e. The molecule has 1 saturated carbocycles. The van der Waals surface area contributed by atoms with Crippen LogP contribution in [0.3, 0.4) is 0 Å². The molecule has 0 radical (unpaired) electrons. The third-order valence-electron chi connectivity index (χ3n) is 4.86. The summed E-state index contributed by atoms with van der Waals surface area (Å²) in [6.45, 7) is 6.37. The second kappa shape index (κ2) is 7.64. The van der Waals surface area contributed by atoms with Crippen LogP contribution in [0.15, 0.2) is 0 Å². The predicted molar refractivity (Wildman–Crippen MR) is 79.1 cm³/mol. The van der Waals surface area contributed by atoms with Crippen molar-refractivity contribution in [1.29, 1.82) is 0 Å². The molecule has 19 heavy (non-hydrogen) atoms. The summed E-state index contributed by atoms with van der Waals surface area (Å²) >= 11 is 0. The van der Waals surface area contributed by atoms with E-state index in [0.717, 1.165) is 13.2 Å². The molecule has 2 rings (SSSR count). The summed E-state index contributed by atoms with van der Waals surface area (Å²) in [7, 11) is 0. The number of hydrogen-bond acceptors (Lipinski definition) is 2. The van der Waals surface area contributed by atoms with Crippen molar-refractivity contribution in [2.75, 3.05) is 13.2 Å². The third-order valence-corrected chi connectivity index (χ3v) is 4.86.